The molecule has 1 aliphatic carbocycles. The summed E-state index contributed by atoms with van der Waals surface area (Å²) in [5.74, 6) is -0.609. The van der Waals surface area contributed by atoms with E-state index in [2.05, 4.69) is 6.92 Å². The second-order valence-electron chi connectivity index (χ2n) is 10.1. The standard InChI is InChI=1S/C28H30N2O6/c1-16-7-9-22-23(11-16)27(33)30(26(22)32)24-10-8-21(12-17(24)2)36-28(34)18-13-25(31)29(15-18)19-5-4-6-20(14-19)35-3/h4-6,8,10,12,14,16,18,22-23H,7,9,11,13,15H2,1-3H3/t16-,18-,22-,23-/m1/s1. The molecule has 0 bridgehead atoms. The molecule has 0 radical (unpaired) electrons. The van der Waals surface area contributed by atoms with Crippen LogP contribution in [0.4, 0.5) is 11.4 Å². The number of esters is 1. The molecule has 4 atom stereocenters. The Morgan fingerprint density at radius 2 is 1.75 bits per heavy atom. The molecule has 36 heavy (non-hydrogen) atoms. The Bertz CT molecular complexity index is 1240. The lowest BCUT2D eigenvalue weighted by molar-refractivity contribution is -0.139. The van der Waals surface area contributed by atoms with Gasteiger partial charge < -0.3 is 14.4 Å². The van der Waals surface area contributed by atoms with Gasteiger partial charge in [-0.2, -0.15) is 0 Å². The molecule has 0 unspecified atom stereocenters. The van der Waals surface area contributed by atoms with Crippen LogP contribution in [0.25, 0.3) is 0 Å². The highest BCUT2D eigenvalue weighted by Crippen LogP contribution is 2.43. The zero-order valence-corrected chi connectivity index (χ0v) is 20.7. The van der Waals surface area contributed by atoms with E-state index < -0.39 is 11.9 Å². The van der Waals surface area contributed by atoms with Crippen LogP contribution < -0.4 is 19.3 Å². The van der Waals surface area contributed by atoms with E-state index in [1.807, 2.05) is 0 Å². The molecule has 5 rings (SSSR count). The predicted octanol–water partition coefficient (Wildman–Crippen LogP) is 3.89. The number of rotatable bonds is 5. The number of fused-ring (bicyclic) bond motifs is 1. The van der Waals surface area contributed by atoms with E-state index >= 15 is 0 Å². The molecule has 3 amide bonds. The van der Waals surface area contributed by atoms with Crippen LogP contribution >= 0.6 is 0 Å². The van der Waals surface area contributed by atoms with E-state index in [-0.39, 0.29) is 42.5 Å². The van der Waals surface area contributed by atoms with Crippen molar-refractivity contribution >= 4 is 35.1 Å². The minimum Gasteiger partial charge on any atom is -0.497 e. The SMILES string of the molecule is COc1cccc(N2C[C@H](C(=O)Oc3ccc(N4C(=O)[C@@H]5CC[C@@H](C)C[C@H]5C4=O)c(C)c3)CC2=O)c1. The highest BCUT2D eigenvalue weighted by atomic mass is 16.5. The second kappa shape index (κ2) is 9.41. The van der Waals surface area contributed by atoms with Crippen molar-refractivity contribution in [1.29, 1.82) is 0 Å². The molecule has 8 nitrogen and oxygen atoms in total. The minimum absolute atomic E-state index is 0.0606. The summed E-state index contributed by atoms with van der Waals surface area (Å²) in [5.41, 5.74) is 1.88. The molecule has 2 aliphatic heterocycles. The Kier molecular flexibility index (Phi) is 6.28. The zero-order chi connectivity index (χ0) is 25.6. The Labute approximate surface area is 210 Å². The van der Waals surface area contributed by atoms with Crippen molar-refractivity contribution in [2.75, 3.05) is 23.5 Å². The molecule has 3 aliphatic rings. The first kappa shape index (κ1) is 24.0. The molecule has 3 fully saturated rings. The fraction of sp³-hybridized carbons (Fsp3) is 0.429. The van der Waals surface area contributed by atoms with Gasteiger partial charge in [0.15, 0.2) is 0 Å². The van der Waals surface area contributed by atoms with Gasteiger partial charge in [0.2, 0.25) is 17.7 Å². The van der Waals surface area contributed by atoms with E-state index in [9.17, 15) is 19.2 Å². The van der Waals surface area contributed by atoms with Crippen LogP contribution in [0.2, 0.25) is 0 Å². The molecule has 2 aromatic rings. The first-order valence-corrected chi connectivity index (χ1v) is 12.4. The van der Waals surface area contributed by atoms with Crippen LogP contribution in [0, 0.1) is 30.6 Å². The Morgan fingerprint density at radius 1 is 0.972 bits per heavy atom. The molecular weight excluding hydrogens is 460 g/mol. The number of ether oxygens (including phenoxy) is 2. The van der Waals surface area contributed by atoms with E-state index in [0.717, 1.165) is 19.3 Å². The number of benzene rings is 2. The van der Waals surface area contributed by atoms with Crippen molar-refractivity contribution in [2.24, 2.45) is 23.7 Å². The smallest absolute Gasteiger partial charge is 0.316 e. The lowest BCUT2D eigenvalue weighted by Crippen LogP contribution is -2.31. The monoisotopic (exact) mass is 490 g/mol. The highest BCUT2D eigenvalue weighted by Gasteiger charge is 2.50. The average Bonchev–Trinajstić information content (AvgIpc) is 3.37. The first-order valence-electron chi connectivity index (χ1n) is 12.4. The van der Waals surface area contributed by atoms with Crippen molar-refractivity contribution in [3.05, 3.63) is 48.0 Å². The van der Waals surface area contributed by atoms with E-state index in [1.165, 1.54) is 4.90 Å². The Hall–Kier alpha value is -3.68. The second-order valence-corrected chi connectivity index (χ2v) is 10.1. The molecule has 0 spiro atoms. The maximum atomic E-state index is 13.1. The number of amides is 3. The number of carbonyl (C=O) groups excluding carboxylic acids is 4. The van der Waals surface area contributed by atoms with Crippen molar-refractivity contribution in [1.82, 2.24) is 0 Å². The van der Waals surface area contributed by atoms with Gasteiger partial charge in [-0.25, -0.2) is 4.90 Å². The fourth-order valence-electron chi connectivity index (χ4n) is 5.66. The quantitative estimate of drug-likeness (QED) is 0.359. The van der Waals surface area contributed by atoms with Gasteiger partial charge in [0.05, 0.1) is 30.6 Å². The third kappa shape index (κ3) is 4.25. The number of carbonyl (C=O) groups is 4. The molecule has 0 aromatic heterocycles. The number of nitrogens with zero attached hydrogens (tertiary/aromatic N) is 2. The molecule has 1 saturated carbocycles. The molecule has 2 aromatic carbocycles. The number of aryl methyl sites for hydroxylation is 1. The third-order valence-corrected chi connectivity index (χ3v) is 7.64. The summed E-state index contributed by atoms with van der Waals surface area (Å²) in [5, 5.41) is 0. The van der Waals surface area contributed by atoms with Gasteiger partial charge in [-0.05, 0) is 68.0 Å². The molecular formula is C28H30N2O6. The maximum Gasteiger partial charge on any atom is 0.316 e. The maximum absolute atomic E-state index is 13.1. The average molecular weight is 491 g/mol. The predicted molar refractivity (Wildman–Crippen MR) is 133 cm³/mol. The summed E-state index contributed by atoms with van der Waals surface area (Å²) in [6, 6.07) is 12.1. The fourth-order valence-corrected chi connectivity index (χ4v) is 5.66. The van der Waals surface area contributed by atoms with Crippen molar-refractivity contribution < 1.29 is 28.7 Å². The number of imide groups is 1. The van der Waals surface area contributed by atoms with Crippen LogP contribution in [0.3, 0.4) is 0 Å². The van der Waals surface area contributed by atoms with Crippen LogP contribution in [0.5, 0.6) is 11.5 Å². The largest absolute Gasteiger partial charge is 0.497 e. The van der Waals surface area contributed by atoms with E-state index in [0.29, 0.717) is 34.4 Å². The Balaban J connectivity index is 1.27. The van der Waals surface area contributed by atoms with Gasteiger partial charge in [0.25, 0.3) is 0 Å². The summed E-state index contributed by atoms with van der Waals surface area (Å²) in [7, 11) is 1.56. The van der Waals surface area contributed by atoms with E-state index in [1.54, 1.807) is 61.4 Å². The van der Waals surface area contributed by atoms with Gasteiger partial charge in [-0.15, -0.1) is 0 Å². The third-order valence-electron chi connectivity index (χ3n) is 7.64. The van der Waals surface area contributed by atoms with Crippen molar-refractivity contribution in [3.8, 4) is 11.5 Å². The summed E-state index contributed by atoms with van der Waals surface area (Å²) in [4.78, 5) is 54.5. The first-order chi connectivity index (χ1) is 17.3. The molecule has 2 heterocycles. The molecule has 188 valence electrons. The van der Waals surface area contributed by atoms with Gasteiger partial charge in [0, 0.05) is 24.7 Å². The van der Waals surface area contributed by atoms with Crippen LogP contribution in [0.15, 0.2) is 42.5 Å². The Morgan fingerprint density at radius 3 is 2.50 bits per heavy atom. The normalized spacial score (nSPS) is 25.8. The lowest BCUT2D eigenvalue weighted by Gasteiger charge is -2.25. The minimum atomic E-state index is -0.601. The molecule has 2 saturated heterocycles. The van der Waals surface area contributed by atoms with E-state index in [4.69, 9.17) is 9.47 Å². The summed E-state index contributed by atoms with van der Waals surface area (Å²) < 4.78 is 10.8. The number of hydrogen-bond donors (Lipinski definition) is 0. The van der Waals surface area contributed by atoms with Crippen LogP contribution in [-0.2, 0) is 19.2 Å². The van der Waals surface area contributed by atoms with Crippen molar-refractivity contribution in [3.63, 3.8) is 0 Å². The lowest BCUT2D eigenvalue weighted by atomic mass is 9.76. The summed E-state index contributed by atoms with van der Waals surface area (Å²) in [6.07, 6.45) is 2.51. The summed E-state index contributed by atoms with van der Waals surface area (Å²) >= 11 is 0. The summed E-state index contributed by atoms with van der Waals surface area (Å²) in [6.45, 7) is 4.14. The highest BCUT2D eigenvalue weighted by molar-refractivity contribution is 6.22. The van der Waals surface area contributed by atoms with Crippen LogP contribution in [0.1, 0.15) is 38.2 Å². The van der Waals surface area contributed by atoms with Gasteiger partial charge in [-0.3, -0.25) is 19.2 Å². The number of methoxy groups -OCH3 is 1. The van der Waals surface area contributed by atoms with Gasteiger partial charge in [0.1, 0.15) is 11.5 Å². The molecule has 8 heteroatoms. The van der Waals surface area contributed by atoms with Crippen LogP contribution in [-0.4, -0.2) is 37.3 Å². The molecule has 0 N–H and O–H groups in total. The van der Waals surface area contributed by atoms with Gasteiger partial charge in [-0.1, -0.05) is 13.0 Å². The zero-order valence-electron chi connectivity index (χ0n) is 20.7. The van der Waals surface area contributed by atoms with Gasteiger partial charge >= 0.3 is 5.97 Å². The topological polar surface area (TPSA) is 93.2 Å². The number of anilines is 2. The van der Waals surface area contributed by atoms with Crippen molar-refractivity contribution in [2.45, 2.75) is 39.5 Å². The number of hydrogen-bond acceptors (Lipinski definition) is 6.